The van der Waals surface area contributed by atoms with Crippen molar-refractivity contribution in [1.29, 1.82) is 0 Å². The van der Waals surface area contributed by atoms with Gasteiger partial charge in [-0.1, -0.05) is 24.3 Å². The molecular weight excluding hydrogens is 326 g/mol. The van der Waals surface area contributed by atoms with E-state index in [1.54, 1.807) is 36.4 Å². The third-order valence-electron chi connectivity index (χ3n) is 4.49. The largest absolute Gasteiger partial charge is 0.467 e. The number of methoxy groups -OCH3 is 1. The third kappa shape index (κ3) is 3.98. The minimum atomic E-state index is -1.97. The van der Waals surface area contributed by atoms with Crippen LogP contribution in [0, 0.1) is 11.7 Å². The Kier molecular flexibility index (Phi) is 5.02. The van der Waals surface area contributed by atoms with Crippen LogP contribution in [-0.4, -0.2) is 18.7 Å². The monoisotopic (exact) mass is 346 g/mol. The van der Waals surface area contributed by atoms with Gasteiger partial charge in [-0.15, -0.1) is 0 Å². The lowest BCUT2D eigenvalue weighted by molar-refractivity contribution is -0.156. The van der Waals surface area contributed by atoms with Crippen molar-refractivity contribution < 1.29 is 23.0 Å². The van der Waals surface area contributed by atoms with E-state index in [0.717, 1.165) is 0 Å². The average molecular weight is 346 g/mol. The molecule has 0 saturated heterocycles. The number of hydrogen-bond donors (Lipinski definition) is 0. The van der Waals surface area contributed by atoms with Crippen molar-refractivity contribution in [2.75, 3.05) is 7.11 Å². The highest BCUT2D eigenvalue weighted by molar-refractivity contribution is 5.80. The first kappa shape index (κ1) is 17.4. The van der Waals surface area contributed by atoms with Gasteiger partial charge in [0.15, 0.2) is 11.6 Å². The molecule has 1 fully saturated rings. The maximum absolute atomic E-state index is 15.0. The number of carbonyl (C=O) groups excluding carboxylic acids is 1. The summed E-state index contributed by atoms with van der Waals surface area (Å²) in [7, 11) is 1.20. The Labute approximate surface area is 145 Å². The Morgan fingerprint density at radius 1 is 1.20 bits per heavy atom. The second kappa shape index (κ2) is 7.21. The number of rotatable bonds is 7. The molecule has 25 heavy (non-hydrogen) atoms. The predicted molar refractivity (Wildman–Crippen MR) is 89.8 cm³/mol. The summed E-state index contributed by atoms with van der Waals surface area (Å²) in [5, 5.41) is 0. The maximum Gasteiger partial charge on any atom is 0.343 e. The standard InChI is InChI=1S/C20H20F2O3/c1-24-19(23)20(22,15-8-9-15)12-11-14-7-10-17(21)18(13-14)25-16-5-3-2-4-6-16/h2-7,10,13,15H,8-9,11-12H2,1H3. The van der Waals surface area contributed by atoms with Crippen LogP contribution in [0.2, 0.25) is 0 Å². The van der Waals surface area contributed by atoms with Crippen molar-refractivity contribution in [1.82, 2.24) is 0 Å². The van der Waals surface area contributed by atoms with E-state index in [9.17, 15) is 9.18 Å². The number of halogens is 2. The number of carbonyl (C=O) groups is 1. The smallest absolute Gasteiger partial charge is 0.343 e. The highest BCUT2D eigenvalue weighted by Crippen LogP contribution is 2.45. The van der Waals surface area contributed by atoms with E-state index in [4.69, 9.17) is 4.74 Å². The summed E-state index contributed by atoms with van der Waals surface area (Å²) in [6, 6.07) is 13.3. The van der Waals surface area contributed by atoms with Gasteiger partial charge in [-0.25, -0.2) is 13.6 Å². The number of ether oxygens (including phenoxy) is 2. The van der Waals surface area contributed by atoms with Crippen molar-refractivity contribution in [3.63, 3.8) is 0 Å². The first-order valence-corrected chi connectivity index (χ1v) is 8.31. The molecule has 132 valence electrons. The van der Waals surface area contributed by atoms with E-state index in [1.807, 2.05) is 6.07 Å². The fourth-order valence-corrected chi connectivity index (χ4v) is 2.91. The lowest BCUT2D eigenvalue weighted by Gasteiger charge is -2.22. The van der Waals surface area contributed by atoms with Gasteiger partial charge < -0.3 is 9.47 Å². The van der Waals surface area contributed by atoms with Gasteiger partial charge in [0.2, 0.25) is 5.67 Å². The van der Waals surface area contributed by atoms with Gasteiger partial charge in [-0.05, 0) is 55.5 Å². The lowest BCUT2D eigenvalue weighted by Crippen LogP contribution is -2.37. The molecule has 1 aliphatic rings. The Hall–Kier alpha value is -2.43. The molecule has 1 unspecified atom stereocenters. The number of para-hydroxylation sites is 1. The zero-order chi connectivity index (χ0) is 17.9. The van der Waals surface area contributed by atoms with Gasteiger partial charge in [0.25, 0.3) is 0 Å². The van der Waals surface area contributed by atoms with E-state index in [1.165, 1.54) is 13.2 Å². The summed E-state index contributed by atoms with van der Waals surface area (Å²) in [6.45, 7) is 0. The van der Waals surface area contributed by atoms with E-state index in [2.05, 4.69) is 4.74 Å². The molecule has 0 spiro atoms. The van der Waals surface area contributed by atoms with Crippen LogP contribution in [0.5, 0.6) is 11.5 Å². The van der Waals surface area contributed by atoms with Crippen LogP contribution in [0.15, 0.2) is 48.5 Å². The predicted octanol–water partition coefficient (Wildman–Crippen LogP) is 4.84. The molecule has 0 bridgehead atoms. The highest BCUT2D eigenvalue weighted by atomic mass is 19.1. The molecule has 2 aromatic rings. The summed E-state index contributed by atoms with van der Waals surface area (Å²) < 4.78 is 39.2. The van der Waals surface area contributed by atoms with E-state index in [0.29, 0.717) is 30.6 Å². The van der Waals surface area contributed by atoms with Crippen LogP contribution in [0.25, 0.3) is 0 Å². The molecule has 0 aromatic heterocycles. The van der Waals surface area contributed by atoms with E-state index < -0.39 is 17.5 Å². The Morgan fingerprint density at radius 2 is 1.92 bits per heavy atom. The van der Waals surface area contributed by atoms with Crippen LogP contribution in [0.3, 0.4) is 0 Å². The summed E-state index contributed by atoms with van der Waals surface area (Å²) in [5.74, 6) is -0.990. The van der Waals surface area contributed by atoms with Gasteiger partial charge in [0, 0.05) is 5.92 Å². The Morgan fingerprint density at radius 3 is 2.56 bits per heavy atom. The van der Waals surface area contributed by atoms with Crippen LogP contribution in [0.4, 0.5) is 8.78 Å². The molecule has 1 atom stereocenters. The van der Waals surface area contributed by atoms with Crippen LogP contribution >= 0.6 is 0 Å². The molecule has 0 radical (unpaired) electrons. The molecule has 3 nitrogen and oxygen atoms in total. The summed E-state index contributed by atoms with van der Waals surface area (Å²) in [4.78, 5) is 11.8. The first-order chi connectivity index (χ1) is 12.0. The molecule has 1 aliphatic carbocycles. The maximum atomic E-state index is 15.0. The van der Waals surface area contributed by atoms with Gasteiger partial charge in [0.05, 0.1) is 7.11 Å². The van der Waals surface area contributed by atoms with Gasteiger partial charge in [-0.3, -0.25) is 0 Å². The first-order valence-electron chi connectivity index (χ1n) is 8.31. The van der Waals surface area contributed by atoms with E-state index in [-0.39, 0.29) is 18.1 Å². The number of aryl methyl sites for hydroxylation is 1. The quantitative estimate of drug-likeness (QED) is 0.673. The number of benzene rings is 2. The van der Waals surface area contributed by atoms with Crippen molar-refractivity contribution >= 4 is 5.97 Å². The second-order valence-electron chi connectivity index (χ2n) is 6.31. The van der Waals surface area contributed by atoms with Gasteiger partial charge >= 0.3 is 5.97 Å². The summed E-state index contributed by atoms with van der Waals surface area (Å²) in [5.41, 5.74) is -1.26. The van der Waals surface area contributed by atoms with Gasteiger partial charge in [-0.2, -0.15) is 0 Å². The molecule has 0 amide bonds. The molecular formula is C20H20F2O3. The molecule has 0 aliphatic heterocycles. The Balaban J connectivity index is 1.72. The molecule has 1 saturated carbocycles. The third-order valence-corrected chi connectivity index (χ3v) is 4.49. The van der Waals surface area contributed by atoms with Crippen LogP contribution < -0.4 is 4.74 Å². The topological polar surface area (TPSA) is 35.5 Å². The SMILES string of the molecule is COC(=O)C(F)(CCc1ccc(F)c(Oc2ccccc2)c1)C1CC1. The normalized spacial score (nSPS) is 16.1. The number of esters is 1. The van der Waals surface area contributed by atoms with Crippen LogP contribution in [-0.2, 0) is 16.0 Å². The molecule has 2 aromatic carbocycles. The van der Waals surface area contributed by atoms with Crippen molar-refractivity contribution in [2.45, 2.75) is 31.4 Å². The second-order valence-corrected chi connectivity index (χ2v) is 6.31. The van der Waals surface area contributed by atoms with Crippen molar-refractivity contribution in [3.8, 4) is 11.5 Å². The molecule has 5 heteroatoms. The minimum absolute atomic E-state index is 0.0146. The van der Waals surface area contributed by atoms with Crippen molar-refractivity contribution in [3.05, 3.63) is 59.9 Å². The highest BCUT2D eigenvalue weighted by Gasteiger charge is 2.52. The lowest BCUT2D eigenvalue weighted by atomic mass is 9.92. The molecule has 3 rings (SSSR count). The summed E-state index contributed by atoms with van der Waals surface area (Å²) >= 11 is 0. The van der Waals surface area contributed by atoms with E-state index >= 15 is 4.39 Å². The fraction of sp³-hybridized carbons (Fsp3) is 0.350. The molecule has 0 N–H and O–H groups in total. The number of alkyl halides is 1. The Bertz CT molecular complexity index is 744. The molecule has 0 heterocycles. The zero-order valence-corrected chi connectivity index (χ0v) is 14.0. The minimum Gasteiger partial charge on any atom is -0.467 e. The average Bonchev–Trinajstić information content (AvgIpc) is 3.48. The van der Waals surface area contributed by atoms with Crippen LogP contribution in [0.1, 0.15) is 24.8 Å². The zero-order valence-electron chi connectivity index (χ0n) is 14.0. The summed E-state index contributed by atoms with van der Waals surface area (Å²) in [6.07, 6.45) is 1.70. The fourth-order valence-electron chi connectivity index (χ4n) is 2.91. The number of hydrogen-bond acceptors (Lipinski definition) is 3. The van der Waals surface area contributed by atoms with Gasteiger partial charge in [0.1, 0.15) is 5.75 Å². The van der Waals surface area contributed by atoms with Crippen molar-refractivity contribution in [2.24, 2.45) is 5.92 Å².